The first kappa shape index (κ1) is 14.8. The van der Waals surface area contributed by atoms with Crippen molar-refractivity contribution in [3.05, 3.63) is 29.6 Å². The van der Waals surface area contributed by atoms with Gasteiger partial charge in [-0.05, 0) is 44.6 Å². The summed E-state index contributed by atoms with van der Waals surface area (Å²) in [5.41, 5.74) is 0.709. The molecule has 0 amide bonds. The lowest BCUT2D eigenvalue weighted by molar-refractivity contribution is 0.0600. The molecule has 1 aliphatic rings. The van der Waals surface area contributed by atoms with E-state index in [1.165, 1.54) is 38.2 Å². The molecule has 0 spiro atoms. The van der Waals surface area contributed by atoms with Crippen molar-refractivity contribution in [3.63, 3.8) is 0 Å². The molecular formula is C15H21FN2O2. The molecule has 1 aliphatic heterocycles. The lowest BCUT2D eigenvalue weighted by atomic mass is 10.0. The number of rotatable bonds is 4. The second kappa shape index (κ2) is 6.70. The minimum absolute atomic E-state index is 0.351. The van der Waals surface area contributed by atoms with Gasteiger partial charge in [0, 0.05) is 12.6 Å². The van der Waals surface area contributed by atoms with Crippen LogP contribution in [0.2, 0.25) is 0 Å². The Morgan fingerprint density at radius 2 is 2.30 bits per heavy atom. The molecule has 0 radical (unpaired) electrons. The van der Waals surface area contributed by atoms with E-state index in [0.29, 0.717) is 23.8 Å². The third kappa shape index (κ3) is 3.48. The highest BCUT2D eigenvalue weighted by molar-refractivity contribution is 5.90. The lowest BCUT2D eigenvalue weighted by Gasteiger charge is -2.32. The zero-order chi connectivity index (χ0) is 14.5. The van der Waals surface area contributed by atoms with Gasteiger partial charge in [0.1, 0.15) is 5.82 Å². The van der Waals surface area contributed by atoms with Crippen LogP contribution in [-0.2, 0) is 4.74 Å². The summed E-state index contributed by atoms with van der Waals surface area (Å²) >= 11 is 0. The lowest BCUT2D eigenvalue weighted by Crippen LogP contribution is -2.40. The molecular weight excluding hydrogens is 259 g/mol. The molecule has 1 saturated heterocycles. The highest BCUT2D eigenvalue weighted by atomic mass is 19.1. The van der Waals surface area contributed by atoms with Crippen molar-refractivity contribution in [2.45, 2.75) is 25.3 Å². The molecule has 0 bridgehead atoms. The Morgan fingerprint density at radius 3 is 3.00 bits per heavy atom. The van der Waals surface area contributed by atoms with Gasteiger partial charge in [0.25, 0.3) is 0 Å². The van der Waals surface area contributed by atoms with Crippen molar-refractivity contribution < 1.29 is 13.9 Å². The Hall–Kier alpha value is -1.62. The van der Waals surface area contributed by atoms with E-state index in [9.17, 15) is 9.18 Å². The topological polar surface area (TPSA) is 41.6 Å². The number of methoxy groups -OCH3 is 1. The maximum absolute atomic E-state index is 13.8. The number of likely N-dealkylation sites (tertiary alicyclic amines) is 1. The second-order valence-electron chi connectivity index (χ2n) is 5.20. The van der Waals surface area contributed by atoms with Crippen LogP contribution in [0.5, 0.6) is 0 Å². The summed E-state index contributed by atoms with van der Waals surface area (Å²) in [4.78, 5) is 13.7. The van der Waals surface area contributed by atoms with Crippen LogP contribution < -0.4 is 5.32 Å². The van der Waals surface area contributed by atoms with E-state index in [0.717, 1.165) is 13.0 Å². The number of nitrogens with one attached hydrogen (secondary N) is 1. The number of esters is 1. The highest BCUT2D eigenvalue weighted by Gasteiger charge is 2.19. The van der Waals surface area contributed by atoms with Crippen LogP contribution in [0.3, 0.4) is 0 Å². The first-order valence-electron chi connectivity index (χ1n) is 6.94. The monoisotopic (exact) mass is 280 g/mol. The van der Waals surface area contributed by atoms with E-state index in [1.807, 2.05) is 0 Å². The van der Waals surface area contributed by atoms with Crippen LogP contribution in [0.4, 0.5) is 10.1 Å². The number of likely N-dealkylation sites (N-methyl/N-ethyl adjacent to an activating group) is 1. The average molecular weight is 280 g/mol. The molecule has 1 aromatic carbocycles. The van der Waals surface area contributed by atoms with Gasteiger partial charge in [-0.2, -0.15) is 0 Å². The van der Waals surface area contributed by atoms with Gasteiger partial charge < -0.3 is 15.0 Å². The maximum atomic E-state index is 13.8. The number of ether oxygens (including phenoxy) is 1. The number of piperidine rings is 1. The fraction of sp³-hybridized carbons (Fsp3) is 0.533. The SMILES string of the molecule is COC(=O)c1ccc(F)c(NCC2CCCCN2C)c1. The fourth-order valence-corrected chi connectivity index (χ4v) is 2.54. The van der Waals surface area contributed by atoms with Gasteiger partial charge in [-0.3, -0.25) is 0 Å². The Kier molecular flexibility index (Phi) is 4.95. The number of carbonyl (C=O) groups excluding carboxylic acids is 1. The number of hydrogen-bond acceptors (Lipinski definition) is 4. The van der Waals surface area contributed by atoms with Crippen molar-refractivity contribution in [3.8, 4) is 0 Å². The van der Waals surface area contributed by atoms with E-state index in [-0.39, 0.29) is 5.82 Å². The van der Waals surface area contributed by atoms with Gasteiger partial charge in [-0.1, -0.05) is 6.42 Å². The molecule has 1 atom stereocenters. The quantitative estimate of drug-likeness (QED) is 0.861. The first-order valence-corrected chi connectivity index (χ1v) is 6.94. The predicted molar refractivity (Wildman–Crippen MR) is 76.5 cm³/mol. The molecule has 4 nitrogen and oxygen atoms in total. The summed E-state index contributed by atoms with van der Waals surface area (Å²) in [5, 5.41) is 3.11. The van der Waals surface area contributed by atoms with E-state index in [2.05, 4.69) is 22.0 Å². The third-order valence-electron chi connectivity index (χ3n) is 3.84. The van der Waals surface area contributed by atoms with E-state index < -0.39 is 5.97 Å². The molecule has 20 heavy (non-hydrogen) atoms. The summed E-state index contributed by atoms with van der Waals surface area (Å²) in [5.74, 6) is -0.807. The van der Waals surface area contributed by atoms with Crippen LogP contribution in [0, 0.1) is 5.82 Å². The van der Waals surface area contributed by atoms with Crippen LogP contribution in [0.25, 0.3) is 0 Å². The van der Waals surface area contributed by atoms with Gasteiger partial charge in [0.05, 0.1) is 18.4 Å². The number of hydrogen-bond donors (Lipinski definition) is 1. The van der Waals surface area contributed by atoms with Gasteiger partial charge in [0.15, 0.2) is 0 Å². The molecule has 1 fully saturated rings. The summed E-state index contributed by atoms with van der Waals surface area (Å²) in [6.07, 6.45) is 3.54. The molecule has 1 unspecified atom stereocenters. The first-order chi connectivity index (χ1) is 9.61. The van der Waals surface area contributed by atoms with E-state index in [4.69, 9.17) is 0 Å². The van der Waals surface area contributed by atoms with Gasteiger partial charge in [-0.25, -0.2) is 9.18 Å². The summed E-state index contributed by atoms with van der Waals surface area (Å²) in [6.45, 7) is 1.76. The predicted octanol–water partition coefficient (Wildman–Crippen LogP) is 2.51. The maximum Gasteiger partial charge on any atom is 0.337 e. The van der Waals surface area contributed by atoms with Crippen molar-refractivity contribution in [2.75, 3.05) is 32.6 Å². The number of benzene rings is 1. The molecule has 0 saturated carbocycles. The smallest absolute Gasteiger partial charge is 0.337 e. The Bertz CT molecular complexity index is 479. The summed E-state index contributed by atoms with van der Waals surface area (Å²) in [7, 11) is 3.41. The summed E-state index contributed by atoms with van der Waals surface area (Å²) in [6, 6.07) is 4.63. The molecule has 1 aromatic rings. The largest absolute Gasteiger partial charge is 0.465 e. The molecule has 5 heteroatoms. The Balaban J connectivity index is 2.02. The molecule has 1 N–H and O–H groups in total. The summed E-state index contributed by atoms with van der Waals surface area (Å²) < 4.78 is 18.4. The van der Waals surface area contributed by atoms with Crippen LogP contribution >= 0.6 is 0 Å². The van der Waals surface area contributed by atoms with Crippen molar-refractivity contribution in [1.82, 2.24) is 4.90 Å². The normalized spacial score (nSPS) is 19.6. The van der Waals surface area contributed by atoms with Gasteiger partial charge in [-0.15, -0.1) is 0 Å². The van der Waals surface area contributed by atoms with Gasteiger partial charge in [0.2, 0.25) is 0 Å². The van der Waals surface area contributed by atoms with Crippen molar-refractivity contribution >= 4 is 11.7 Å². The second-order valence-corrected chi connectivity index (χ2v) is 5.20. The average Bonchev–Trinajstić information content (AvgIpc) is 2.47. The third-order valence-corrected chi connectivity index (χ3v) is 3.84. The van der Waals surface area contributed by atoms with Crippen molar-refractivity contribution in [1.29, 1.82) is 0 Å². The number of anilines is 1. The number of nitrogens with zero attached hydrogens (tertiary/aromatic N) is 1. The fourth-order valence-electron chi connectivity index (χ4n) is 2.54. The van der Waals surface area contributed by atoms with Crippen LogP contribution in [0.15, 0.2) is 18.2 Å². The molecule has 1 heterocycles. The molecule has 0 aromatic heterocycles. The van der Waals surface area contributed by atoms with Crippen LogP contribution in [0.1, 0.15) is 29.6 Å². The van der Waals surface area contributed by atoms with Crippen LogP contribution in [-0.4, -0.2) is 44.2 Å². The van der Waals surface area contributed by atoms with Gasteiger partial charge >= 0.3 is 5.97 Å². The van der Waals surface area contributed by atoms with E-state index >= 15 is 0 Å². The Labute approximate surface area is 118 Å². The number of halogens is 1. The zero-order valence-electron chi connectivity index (χ0n) is 12.0. The minimum atomic E-state index is -0.456. The standard InChI is InChI=1S/C15H21FN2O2/c1-18-8-4-3-5-12(18)10-17-14-9-11(15(19)20-2)6-7-13(14)16/h6-7,9,12,17H,3-5,8,10H2,1-2H3. The van der Waals surface area contributed by atoms with Crippen molar-refractivity contribution in [2.24, 2.45) is 0 Å². The molecule has 0 aliphatic carbocycles. The van der Waals surface area contributed by atoms with E-state index in [1.54, 1.807) is 0 Å². The highest BCUT2D eigenvalue weighted by Crippen LogP contribution is 2.19. The number of carbonyl (C=O) groups is 1. The molecule has 110 valence electrons. The zero-order valence-corrected chi connectivity index (χ0v) is 12.0. The Morgan fingerprint density at radius 1 is 1.50 bits per heavy atom. The minimum Gasteiger partial charge on any atom is -0.465 e. The molecule has 2 rings (SSSR count).